The lowest BCUT2D eigenvalue weighted by molar-refractivity contribution is -0.577. The largest absolute Gasteiger partial charge is 0.383 e. The Bertz CT molecular complexity index is 1260. The van der Waals surface area contributed by atoms with Crippen LogP contribution < -0.4 is 5.32 Å². The summed E-state index contributed by atoms with van der Waals surface area (Å²) in [5.74, 6) is 0.700. The van der Waals surface area contributed by atoms with Crippen LogP contribution in [0, 0.1) is 23.7 Å². The molecule has 5 aliphatic heterocycles. The molecule has 10 heteroatoms. The smallest absolute Gasteiger partial charge is 0.201 e. The molecular formula is C32H45ClN4O5. The summed E-state index contributed by atoms with van der Waals surface area (Å²) in [6, 6.07) is 7.90. The Morgan fingerprint density at radius 3 is 2.67 bits per heavy atom. The summed E-state index contributed by atoms with van der Waals surface area (Å²) in [4.78, 5) is 21.7. The highest BCUT2D eigenvalue weighted by molar-refractivity contribution is 6.31. The van der Waals surface area contributed by atoms with Crippen molar-refractivity contribution in [3.05, 3.63) is 35.5 Å². The Labute approximate surface area is 254 Å². The van der Waals surface area contributed by atoms with Gasteiger partial charge in [-0.15, -0.1) is 0 Å². The molecule has 1 saturated carbocycles. The Kier molecular flexibility index (Phi) is 8.16. The van der Waals surface area contributed by atoms with Gasteiger partial charge in [-0.3, -0.25) is 14.8 Å². The van der Waals surface area contributed by atoms with E-state index in [9.17, 15) is 0 Å². The van der Waals surface area contributed by atoms with Gasteiger partial charge in [0.1, 0.15) is 0 Å². The second kappa shape index (κ2) is 11.7. The van der Waals surface area contributed by atoms with Crippen molar-refractivity contribution < 1.29 is 24.0 Å². The van der Waals surface area contributed by atoms with Crippen molar-refractivity contribution >= 4 is 28.2 Å². The summed E-state index contributed by atoms with van der Waals surface area (Å²) in [5.41, 5.74) is 1.49. The SMILES string of the molecule is C[C@H]1[C@@H](OCCN2CCN(CCNc3ccnc4cc(Cl)ccc34)CC2)O[C@@H]2O[C@@]3(C)CC[C@H]4[C@H](C)CC[C@@H]1[C@@]24OO3. The van der Waals surface area contributed by atoms with Crippen LogP contribution in [0.2, 0.25) is 5.02 Å². The van der Waals surface area contributed by atoms with E-state index in [-0.39, 0.29) is 12.2 Å². The Hall–Kier alpha value is -1.56. The lowest BCUT2D eigenvalue weighted by Crippen LogP contribution is -2.70. The zero-order valence-corrected chi connectivity index (χ0v) is 25.9. The van der Waals surface area contributed by atoms with Gasteiger partial charge in [-0.1, -0.05) is 25.4 Å². The monoisotopic (exact) mass is 600 g/mol. The third-order valence-corrected chi connectivity index (χ3v) is 10.9. The number of hydrogen-bond donors (Lipinski definition) is 1. The predicted octanol–water partition coefficient (Wildman–Crippen LogP) is 5.14. The third-order valence-electron chi connectivity index (χ3n) is 10.7. The average Bonchev–Trinajstić information content (AvgIpc) is 3.22. The summed E-state index contributed by atoms with van der Waals surface area (Å²) in [5, 5.41) is 5.40. The Morgan fingerprint density at radius 2 is 1.83 bits per heavy atom. The second-order valence-corrected chi connectivity index (χ2v) is 13.7. The Balaban J connectivity index is 0.876. The number of nitrogens with zero attached hydrogens (tertiary/aromatic N) is 3. The third kappa shape index (κ3) is 5.34. The maximum absolute atomic E-state index is 6.58. The molecule has 0 unspecified atom stereocenters. The molecule has 0 amide bonds. The van der Waals surface area contributed by atoms with Crippen LogP contribution in [-0.4, -0.2) is 91.2 Å². The predicted molar refractivity (Wildman–Crippen MR) is 161 cm³/mol. The quantitative estimate of drug-likeness (QED) is 0.414. The zero-order valence-electron chi connectivity index (χ0n) is 25.1. The molecule has 2 bridgehead atoms. The number of benzene rings is 1. The van der Waals surface area contributed by atoms with E-state index < -0.39 is 17.7 Å². The van der Waals surface area contributed by atoms with Gasteiger partial charge in [0.05, 0.1) is 12.1 Å². The van der Waals surface area contributed by atoms with Gasteiger partial charge in [0.25, 0.3) is 0 Å². The van der Waals surface area contributed by atoms with Gasteiger partial charge in [0.2, 0.25) is 5.79 Å². The number of anilines is 1. The fourth-order valence-electron chi connectivity index (χ4n) is 8.22. The van der Waals surface area contributed by atoms with Crippen LogP contribution in [0.1, 0.15) is 46.5 Å². The van der Waals surface area contributed by atoms with Crippen LogP contribution in [0.15, 0.2) is 30.5 Å². The van der Waals surface area contributed by atoms with Gasteiger partial charge < -0.3 is 19.5 Å². The number of halogens is 1. The lowest BCUT2D eigenvalue weighted by atomic mass is 9.58. The van der Waals surface area contributed by atoms with Gasteiger partial charge in [-0.05, 0) is 62.3 Å². The van der Waals surface area contributed by atoms with Crippen molar-refractivity contribution in [1.29, 1.82) is 0 Å². The van der Waals surface area contributed by atoms with Crippen molar-refractivity contribution in [1.82, 2.24) is 14.8 Å². The second-order valence-electron chi connectivity index (χ2n) is 13.3. The molecule has 6 fully saturated rings. The first kappa shape index (κ1) is 29.2. The molecule has 1 spiro atoms. The van der Waals surface area contributed by atoms with E-state index in [2.05, 4.69) is 33.9 Å². The molecule has 5 saturated heterocycles. The summed E-state index contributed by atoms with van der Waals surface area (Å²) >= 11 is 6.14. The molecule has 230 valence electrons. The molecule has 6 heterocycles. The maximum Gasteiger partial charge on any atom is 0.201 e. The van der Waals surface area contributed by atoms with Crippen LogP contribution in [0.5, 0.6) is 0 Å². The molecule has 1 aromatic carbocycles. The summed E-state index contributed by atoms with van der Waals surface area (Å²) in [7, 11) is 0. The number of ether oxygens (including phenoxy) is 3. The minimum Gasteiger partial charge on any atom is -0.383 e. The summed E-state index contributed by atoms with van der Waals surface area (Å²) in [6.07, 6.45) is 5.26. The highest BCUT2D eigenvalue weighted by Gasteiger charge is 2.69. The van der Waals surface area contributed by atoms with Gasteiger partial charge in [-0.25, -0.2) is 9.78 Å². The molecule has 1 N–H and O–H groups in total. The van der Waals surface area contributed by atoms with Gasteiger partial charge in [0, 0.05) is 86.4 Å². The standard InChI is InChI=1S/C32H45ClN4O5/c1-21-4-7-26-22(2)29(39-30-32(26)25(21)8-10-31(3,40-30)41-42-32)38-19-18-37-16-14-36(15-17-37)13-12-35-27-9-11-34-28-20-23(33)5-6-24(27)28/h5-6,9,11,20-22,25-26,29-30H,4,7-8,10,12-19H2,1-3H3,(H,34,35)/t21-,22-,25+,26+,29+,30-,31-,32-/m1/s1. The number of fused-ring (bicyclic) bond motifs is 3. The number of pyridine rings is 1. The highest BCUT2D eigenvalue weighted by atomic mass is 35.5. The molecule has 1 aromatic heterocycles. The van der Waals surface area contributed by atoms with E-state index in [0.29, 0.717) is 29.4 Å². The van der Waals surface area contributed by atoms with Crippen molar-refractivity contribution in [2.75, 3.05) is 57.7 Å². The van der Waals surface area contributed by atoms with E-state index in [0.717, 1.165) is 81.7 Å². The van der Waals surface area contributed by atoms with E-state index in [1.807, 2.05) is 37.4 Å². The first-order valence-electron chi connectivity index (χ1n) is 15.9. The van der Waals surface area contributed by atoms with Gasteiger partial charge in [0.15, 0.2) is 18.2 Å². The van der Waals surface area contributed by atoms with Crippen molar-refractivity contribution in [2.45, 2.75) is 70.4 Å². The van der Waals surface area contributed by atoms with Crippen LogP contribution in [0.4, 0.5) is 5.69 Å². The minimum absolute atomic E-state index is 0.213. The number of rotatable bonds is 8. The fourth-order valence-corrected chi connectivity index (χ4v) is 8.39. The maximum atomic E-state index is 6.58. The van der Waals surface area contributed by atoms with Crippen molar-refractivity contribution in [3.63, 3.8) is 0 Å². The lowest BCUT2D eigenvalue weighted by Gasteiger charge is -2.60. The van der Waals surface area contributed by atoms with Crippen LogP contribution in [0.3, 0.4) is 0 Å². The van der Waals surface area contributed by atoms with E-state index in [1.165, 1.54) is 6.42 Å². The van der Waals surface area contributed by atoms with E-state index in [1.54, 1.807) is 0 Å². The van der Waals surface area contributed by atoms with Gasteiger partial charge in [-0.2, -0.15) is 0 Å². The number of hydrogen-bond acceptors (Lipinski definition) is 9. The Morgan fingerprint density at radius 1 is 1.02 bits per heavy atom. The molecule has 9 nitrogen and oxygen atoms in total. The van der Waals surface area contributed by atoms with Crippen molar-refractivity contribution in [3.8, 4) is 0 Å². The zero-order chi connectivity index (χ0) is 28.9. The topological polar surface area (TPSA) is 77.6 Å². The summed E-state index contributed by atoms with van der Waals surface area (Å²) in [6.45, 7) is 14.2. The van der Waals surface area contributed by atoms with E-state index in [4.69, 9.17) is 35.6 Å². The average molecular weight is 601 g/mol. The fraction of sp³-hybridized carbons (Fsp3) is 0.719. The molecule has 42 heavy (non-hydrogen) atoms. The van der Waals surface area contributed by atoms with Crippen LogP contribution in [0.25, 0.3) is 10.9 Å². The van der Waals surface area contributed by atoms with Crippen LogP contribution in [-0.2, 0) is 24.0 Å². The molecule has 6 aliphatic rings. The molecule has 1 aliphatic carbocycles. The molecule has 8 atom stereocenters. The highest BCUT2D eigenvalue weighted by Crippen LogP contribution is 2.60. The van der Waals surface area contributed by atoms with E-state index >= 15 is 0 Å². The van der Waals surface area contributed by atoms with Gasteiger partial charge >= 0.3 is 0 Å². The molecule has 2 aromatic rings. The normalized spacial score (nSPS) is 38.8. The number of piperazine rings is 1. The molecular weight excluding hydrogens is 556 g/mol. The first-order valence-corrected chi connectivity index (χ1v) is 16.3. The number of nitrogens with one attached hydrogen (secondary N) is 1. The van der Waals surface area contributed by atoms with Crippen molar-refractivity contribution in [2.24, 2.45) is 23.7 Å². The molecule has 8 rings (SSSR count). The summed E-state index contributed by atoms with van der Waals surface area (Å²) < 4.78 is 19.5. The number of aromatic nitrogens is 1. The molecule has 0 radical (unpaired) electrons. The minimum atomic E-state index is -0.752. The van der Waals surface area contributed by atoms with Crippen LogP contribution >= 0.6 is 11.6 Å². The first-order chi connectivity index (χ1) is 20.3.